The molecule has 0 aromatic rings. The molecule has 0 rings (SSSR count). The van der Waals surface area contributed by atoms with Crippen LogP contribution in [0.1, 0.15) is 6.92 Å². The lowest BCUT2D eigenvalue weighted by Gasteiger charge is -1.80. The molecule has 0 heterocycles. The SMILES string of the molecule is CC(Cl)=[N+](C)C.[Cl-]. The maximum atomic E-state index is 5.46. The lowest BCUT2D eigenvalue weighted by molar-refractivity contribution is -0.462. The highest BCUT2D eigenvalue weighted by atomic mass is 35.5. The molecule has 0 aliphatic heterocycles. The predicted octanol–water partition coefficient (Wildman–Crippen LogP) is -2.08. The van der Waals surface area contributed by atoms with Gasteiger partial charge in [-0.25, -0.2) is 4.58 Å². The first-order valence-corrected chi connectivity index (χ1v) is 2.18. The number of nitrogens with zero attached hydrogens (tertiary/aromatic N) is 1. The fourth-order valence-electron chi connectivity index (χ4n) is 0. The molecular formula is C4H9Cl2N. The molecule has 0 aliphatic rings. The zero-order valence-corrected chi connectivity index (χ0v) is 6.22. The van der Waals surface area contributed by atoms with Crippen LogP contribution in [0.5, 0.6) is 0 Å². The Hall–Kier alpha value is 0.250. The van der Waals surface area contributed by atoms with Gasteiger partial charge in [0.2, 0.25) is 5.17 Å². The minimum Gasteiger partial charge on any atom is -1.00 e. The van der Waals surface area contributed by atoms with Gasteiger partial charge in [0.1, 0.15) is 14.1 Å². The Morgan fingerprint density at radius 3 is 1.57 bits per heavy atom. The van der Waals surface area contributed by atoms with Crippen LogP contribution in [0.15, 0.2) is 0 Å². The van der Waals surface area contributed by atoms with Crippen molar-refractivity contribution in [2.45, 2.75) is 6.92 Å². The summed E-state index contributed by atoms with van der Waals surface area (Å²) in [7, 11) is 3.81. The van der Waals surface area contributed by atoms with E-state index in [4.69, 9.17) is 11.6 Å². The highest BCUT2D eigenvalue weighted by molar-refractivity contribution is 6.63. The molecule has 44 valence electrons. The van der Waals surface area contributed by atoms with Crippen LogP contribution >= 0.6 is 11.6 Å². The van der Waals surface area contributed by atoms with Crippen molar-refractivity contribution in [3.8, 4) is 0 Å². The maximum absolute atomic E-state index is 5.46. The molecule has 0 fully saturated rings. The second-order valence-corrected chi connectivity index (χ2v) is 1.94. The van der Waals surface area contributed by atoms with Gasteiger partial charge in [-0.3, -0.25) is 0 Å². The van der Waals surface area contributed by atoms with Crippen molar-refractivity contribution >= 4 is 16.8 Å². The molecule has 0 aromatic heterocycles. The van der Waals surface area contributed by atoms with Crippen LogP contribution in [0.2, 0.25) is 0 Å². The first-order valence-electron chi connectivity index (χ1n) is 1.81. The van der Waals surface area contributed by atoms with Crippen LogP contribution < -0.4 is 12.4 Å². The summed E-state index contributed by atoms with van der Waals surface area (Å²) in [5.74, 6) is 0. The minimum absolute atomic E-state index is 0. The first kappa shape index (κ1) is 10.3. The van der Waals surface area contributed by atoms with Gasteiger partial charge in [0.05, 0.1) is 0 Å². The Kier molecular flexibility index (Phi) is 6.47. The van der Waals surface area contributed by atoms with E-state index in [0.29, 0.717) is 0 Å². The maximum Gasteiger partial charge on any atom is 0.241 e. The van der Waals surface area contributed by atoms with Crippen molar-refractivity contribution < 1.29 is 17.0 Å². The van der Waals surface area contributed by atoms with Crippen LogP contribution in [0.3, 0.4) is 0 Å². The van der Waals surface area contributed by atoms with Crippen LogP contribution in [0, 0.1) is 0 Å². The number of hydrogen-bond acceptors (Lipinski definition) is 0. The molecule has 0 N–H and O–H groups in total. The molecule has 0 amide bonds. The number of rotatable bonds is 0. The summed E-state index contributed by atoms with van der Waals surface area (Å²) in [6, 6.07) is 0. The Morgan fingerprint density at radius 2 is 1.57 bits per heavy atom. The summed E-state index contributed by atoms with van der Waals surface area (Å²) in [5, 5.41) is 0.815. The van der Waals surface area contributed by atoms with Gasteiger partial charge in [-0.1, -0.05) is 0 Å². The topological polar surface area (TPSA) is 3.01 Å². The van der Waals surface area contributed by atoms with E-state index in [1.54, 1.807) is 0 Å². The van der Waals surface area contributed by atoms with Crippen molar-refractivity contribution in [1.29, 1.82) is 0 Å². The van der Waals surface area contributed by atoms with Crippen molar-refractivity contribution in [2.75, 3.05) is 14.1 Å². The van der Waals surface area contributed by atoms with Crippen LogP contribution in [-0.4, -0.2) is 23.8 Å². The molecule has 0 aromatic carbocycles. The second kappa shape index (κ2) is 4.41. The zero-order chi connectivity index (χ0) is 5.15. The molecule has 1 nitrogen and oxygen atoms in total. The average molecular weight is 142 g/mol. The van der Waals surface area contributed by atoms with Crippen LogP contribution in [-0.2, 0) is 0 Å². The van der Waals surface area contributed by atoms with E-state index in [1.165, 1.54) is 0 Å². The Bertz CT molecular complexity index is 59.8. The highest BCUT2D eigenvalue weighted by Gasteiger charge is 1.86. The lowest BCUT2D eigenvalue weighted by atomic mass is 10.8. The monoisotopic (exact) mass is 141 g/mol. The molecule has 0 saturated heterocycles. The minimum atomic E-state index is 0. The molecular weight excluding hydrogens is 133 g/mol. The van der Waals surface area contributed by atoms with Crippen LogP contribution in [0.25, 0.3) is 0 Å². The van der Waals surface area contributed by atoms with E-state index < -0.39 is 0 Å². The Balaban J connectivity index is 0. The molecule has 0 unspecified atom stereocenters. The van der Waals surface area contributed by atoms with Crippen molar-refractivity contribution in [3.05, 3.63) is 0 Å². The number of halogens is 2. The lowest BCUT2D eigenvalue weighted by Crippen LogP contribution is -3.00. The van der Waals surface area contributed by atoms with E-state index in [0.717, 1.165) is 5.17 Å². The second-order valence-electron chi connectivity index (χ2n) is 1.39. The molecule has 0 bridgehead atoms. The Labute approximate surface area is 55.4 Å². The normalized spacial score (nSPS) is 6.86. The zero-order valence-electron chi connectivity index (χ0n) is 4.70. The Morgan fingerprint density at radius 1 is 1.43 bits per heavy atom. The van der Waals surface area contributed by atoms with Crippen molar-refractivity contribution in [3.63, 3.8) is 0 Å². The van der Waals surface area contributed by atoms with E-state index in [-0.39, 0.29) is 12.4 Å². The quantitative estimate of drug-likeness (QED) is 0.270. The van der Waals surface area contributed by atoms with E-state index in [1.807, 2.05) is 25.6 Å². The van der Waals surface area contributed by atoms with E-state index >= 15 is 0 Å². The van der Waals surface area contributed by atoms with Crippen molar-refractivity contribution in [1.82, 2.24) is 0 Å². The van der Waals surface area contributed by atoms with Gasteiger partial charge in [0, 0.05) is 6.92 Å². The van der Waals surface area contributed by atoms with E-state index in [2.05, 4.69) is 0 Å². The molecule has 0 atom stereocenters. The third kappa shape index (κ3) is 6.25. The molecule has 7 heavy (non-hydrogen) atoms. The molecule has 3 heteroatoms. The van der Waals surface area contributed by atoms with Gasteiger partial charge in [-0.15, -0.1) is 0 Å². The summed E-state index contributed by atoms with van der Waals surface area (Å²) in [5.41, 5.74) is 0. The first-order chi connectivity index (χ1) is 2.64. The van der Waals surface area contributed by atoms with Gasteiger partial charge in [0.25, 0.3) is 0 Å². The largest absolute Gasteiger partial charge is 1.00 e. The predicted molar refractivity (Wildman–Crippen MR) is 28.6 cm³/mol. The summed E-state index contributed by atoms with van der Waals surface area (Å²) < 4.78 is 1.85. The third-order valence-electron chi connectivity index (χ3n) is 0.616. The van der Waals surface area contributed by atoms with Gasteiger partial charge in [0.15, 0.2) is 0 Å². The summed E-state index contributed by atoms with van der Waals surface area (Å²) in [6.45, 7) is 1.85. The van der Waals surface area contributed by atoms with Gasteiger partial charge >= 0.3 is 0 Å². The highest BCUT2D eigenvalue weighted by Crippen LogP contribution is 1.75. The smallest absolute Gasteiger partial charge is 0.241 e. The average Bonchev–Trinajstić information content (AvgIpc) is 1.36. The van der Waals surface area contributed by atoms with Gasteiger partial charge in [-0.05, 0) is 11.6 Å². The summed E-state index contributed by atoms with van der Waals surface area (Å²) >= 11 is 5.46. The fraction of sp³-hybridized carbons (Fsp3) is 0.750. The molecule has 0 saturated carbocycles. The molecule has 0 aliphatic carbocycles. The number of hydrogen-bond donors (Lipinski definition) is 0. The summed E-state index contributed by atoms with van der Waals surface area (Å²) in [6.07, 6.45) is 0. The van der Waals surface area contributed by atoms with Gasteiger partial charge in [-0.2, -0.15) is 0 Å². The standard InChI is InChI=1S/C4H9ClN.ClH/c1-4(5)6(2)3;/h1-3H3;1H/q+1;/p-1. The van der Waals surface area contributed by atoms with E-state index in [9.17, 15) is 0 Å². The van der Waals surface area contributed by atoms with Crippen molar-refractivity contribution in [2.24, 2.45) is 0 Å². The molecule has 0 radical (unpaired) electrons. The fourth-order valence-corrected chi connectivity index (χ4v) is 0. The summed E-state index contributed by atoms with van der Waals surface area (Å²) in [4.78, 5) is 0. The van der Waals surface area contributed by atoms with Crippen LogP contribution in [0.4, 0.5) is 0 Å². The molecule has 0 spiro atoms. The third-order valence-corrected chi connectivity index (χ3v) is 0.954. The van der Waals surface area contributed by atoms with Gasteiger partial charge < -0.3 is 12.4 Å².